The Morgan fingerprint density at radius 1 is 1.09 bits per heavy atom. The Morgan fingerprint density at radius 3 is 2.85 bits per heavy atom. The van der Waals surface area contributed by atoms with Crippen LogP contribution >= 0.6 is 0 Å². The Kier molecular flexibility index (Phi) is 4.64. The fourth-order valence-electron chi connectivity index (χ4n) is 4.82. The predicted octanol–water partition coefficient (Wildman–Crippen LogP) is 4.71. The molecule has 1 aliphatic carbocycles. The number of hydrogen-bond donors (Lipinski definition) is 1. The van der Waals surface area contributed by atoms with Crippen LogP contribution in [0.1, 0.15) is 19.9 Å². The summed E-state index contributed by atoms with van der Waals surface area (Å²) in [5.74, 6) is 0.949. The molecule has 3 aromatic heterocycles. The number of ether oxygens (including phenoxy) is 3. The number of fused-ring (bicyclic) bond motifs is 3. The van der Waals surface area contributed by atoms with Gasteiger partial charge in [0.1, 0.15) is 36.0 Å². The molecular formula is C26H26N4O3. The number of anilines is 1. The van der Waals surface area contributed by atoms with Crippen LogP contribution in [0.5, 0.6) is 5.75 Å². The normalized spacial score (nSPS) is 23.6. The Balaban J connectivity index is 1.30. The van der Waals surface area contributed by atoms with E-state index in [0.717, 1.165) is 39.1 Å². The van der Waals surface area contributed by atoms with E-state index in [9.17, 15) is 0 Å². The van der Waals surface area contributed by atoms with Gasteiger partial charge in [-0.25, -0.2) is 9.97 Å². The molecule has 0 radical (unpaired) electrons. The van der Waals surface area contributed by atoms with Crippen molar-refractivity contribution in [3.63, 3.8) is 0 Å². The molecule has 6 rings (SSSR count). The van der Waals surface area contributed by atoms with Gasteiger partial charge in [0.05, 0.1) is 11.6 Å². The zero-order valence-electron chi connectivity index (χ0n) is 18.9. The Morgan fingerprint density at radius 2 is 1.97 bits per heavy atom. The molecule has 1 aliphatic heterocycles. The summed E-state index contributed by atoms with van der Waals surface area (Å²) in [6.45, 7) is 4.34. The molecule has 0 unspecified atom stereocenters. The number of nitrogens with zero attached hydrogens (tertiary/aromatic N) is 3. The van der Waals surface area contributed by atoms with E-state index in [1.54, 1.807) is 0 Å². The highest BCUT2D eigenvalue weighted by Gasteiger charge is 2.50. The molecule has 33 heavy (non-hydrogen) atoms. The maximum absolute atomic E-state index is 6.33. The summed E-state index contributed by atoms with van der Waals surface area (Å²) in [6, 6.07) is 16.1. The lowest BCUT2D eigenvalue weighted by Crippen LogP contribution is -2.28. The van der Waals surface area contributed by atoms with Crippen molar-refractivity contribution in [3.05, 3.63) is 72.6 Å². The van der Waals surface area contributed by atoms with Gasteiger partial charge in [-0.3, -0.25) is 0 Å². The minimum atomic E-state index is -0.653. The minimum Gasteiger partial charge on any atom is -0.489 e. The van der Waals surface area contributed by atoms with Gasteiger partial charge in [-0.15, -0.1) is 0 Å². The van der Waals surface area contributed by atoms with E-state index in [1.807, 2.05) is 63.5 Å². The summed E-state index contributed by atoms with van der Waals surface area (Å²) < 4.78 is 21.0. The highest BCUT2D eigenvalue weighted by atomic mass is 16.8. The van der Waals surface area contributed by atoms with Crippen molar-refractivity contribution in [2.75, 3.05) is 19.0 Å². The molecule has 4 aromatic rings. The summed E-state index contributed by atoms with van der Waals surface area (Å²) in [7, 11) is 1.86. The first-order chi connectivity index (χ1) is 16.0. The van der Waals surface area contributed by atoms with Crippen LogP contribution in [0.3, 0.4) is 0 Å². The lowest BCUT2D eigenvalue weighted by Gasteiger charge is -2.22. The van der Waals surface area contributed by atoms with Crippen LogP contribution in [0, 0.1) is 0 Å². The molecule has 7 nitrogen and oxygen atoms in total. The Hall–Kier alpha value is -3.42. The van der Waals surface area contributed by atoms with Gasteiger partial charge in [0.25, 0.3) is 0 Å². The summed E-state index contributed by atoms with van der Waals surface area (Å²) in [5.41, 5.74) is 2.90. The molecule has 4 heterocycles. The zero-order chi connectivity index (χ0) is 22.6. The molecule has 1 aromatic carbocycles. The fourth-order valence-corrected chi connectivity index (χ4v) is 4.82. The summed E-state index contributed by atoms with van der Waals surface area (Å²) >= 11 is 0. The molecule has 0 bridgehead atoms. The number of rotatable bonds is 5. The van der Waals surface area contributed by atoms with Gasteiger partial charge in [-0.1, -0.05) is 6.08 Å². The van der Waals surface area contributed by atoms with Crippen molar-refractivity contribution in [1.82, 2.24) is 14.5 Å². The quantitative estimate of drug-likeness (QED) is 0.452. The molecule has 0 amide bonds. The molecule has 3 atom stereocenters. The van der Waals surface area contributed by atoms with E-state index in [1.165, 1.54) is 0 Å². The summed E-state index contributed by atoms with van der Waals surface area (Å²) in [6.07, 6.45) is 5.80. The van der Waals surface area contributed by atoms with Crippen LogP contribution in [0.4, 0.5) is 5.82 Å². The number of pyridine rings is 2. The molecule has 1 saturated heterocycles. The highest BCUT2D eigenvalue weighted by molar-refractivity contribution is 5.81. The number of nitrogens with one attached hydrogen (secondary N) is 1. The van der Waals surface area contributed by atoms with Gasteiger partial charge in [0.2, 0.25) is 0 Å². The van der Waals surface area contributed by atoms with Gasteiger partial charge in [-0.2, -0.15) is 0 Å². The second kappa shape index (κ2) is 7.57. The third-order valence-electron chi connectivity index (χ3n) is 6.34. The second-order valence-electron chi connectivity index (χ2n) is 8.98. The van der Waals surface area contributed by atoms with Crippen molar-refractivity contribution in [3.8, 4) is 5.75 Å². The van der Waals surface area contributed by atoms with Crippen LogP contribution in [0.2, 0.25) is 0 Å². The average molecular weight is 443 g/mol. The largest absolute Gasteiger partial charge is 0.489 e. The third kappa shape index (κ3) is 3.53. The molecule has 7 heteroatoms. The van der Waals surface area contributed by atoms with Crippen molar-refractivity contribution < 1.29 is 14.2 Å². The van der Waals surface area contributed by atoms with Crippen LogP contribution in [-0.4, -0.2) is 46.2 Å². The zero-order valence-corrected chi connectivity index (χ0v) is 18.9. The fraction of sp³-hybridized carbons (Fsp3) is 0.308. The van der Waals surface area contributed by atoms with E-state index in [0.29, 0.717) is 6.61 Å². The number of hydrogen-bond acceptors (Lipinski definition) is 6. The van der Waals surface area contributed by atoms with Crippen molar-refractivity contribution >= 4 is 27.8 Å². The molecule has 0 saturated carbocycles. The van der Waals surface area contributed by atoms with E-state index in [-0.39, 0.29) is 18.2 Å². The maximum Gasteiger partial charge on any atom is 0.164 e. The highest BCUT2D eigenvalue weighted by Crippen LogP contribution is 2.44. The Bertz CT molecular complexity index is 1380. The first-order valence-corrected chi connectivity index (χ1v) is 11.2. The van der Waals surface area contributed by atoms with E-state index in [2.05, 4.69) is 44.3 Å². The molecule has 1 fully saturated rings. The first-order valence-electron chi connectivity index (χ1n) is 11.2. The van der Waals surface area contributed by atoms with Crippen LogP contribution in [-0.2, 0) is 9.47 Å². The smallest absolute Gasteiger partial charge is 0.164 e. The third-order valence-corrected chi connectivity index (χ3v) is 6.34. The van der Waals surface area contributed by atoms with E-state index >= 15 is 0 Å². The first kappa shape index (κ1) is 20.2. The van der Waals surface area contributed by atoms with Gasteiger partial charge < -0.3 is 24.1 Å². The topological polar surface area (TPSA) is 70.4 Å². The molecule has 2 aliphatic rings. The Labute approximate surface area is 192 Å². The molecule has 1 N–H and O–H groups in total. The number of aromatic nitrogens is 3. The van der Waals surface area contributed by atoms with Crippen LogP contribution < -0.4 is 10.1 Å². The van der Waals surface area contributed by atoms with Gasteiger partial charge in [-0.05, 0) is 61.9 Å². The predicted molar refractivity (Wildman–Crippen MR) is 127 cm³/mol. The molecule has 168 valence electrons. The van der Waals surface area contributed by atoms with Gasteiger partial charge >= 0.3 is 0 Å². The van der Waals surface area contributed by atoms with Crippen LogP contribution in [0.25, 0.3) is 21.9 Å². The lowest BCUT2D eigenvalue weighted by molar-refractivity contribution is -0.148. The SMILES string of the molecule is CNc1ccc2ccc(OCC3=C[C@@H](n4ccc5cccnc54)[C@@H]4OC(C)(C)O[C@H]34)cc2n1. The van der Waals surface area contributed by atoms with Gasteiger partial charge in [0, 0.05) is 36.3 Å². The number of benzene rings is 1. The lowest BCUT2D eigenvalue weighted by atomic mass is 10.1. The maximum atomic E-state index is 6.33. The minimum absolute atomic E-state index is 0.0146. The van der Waals surface area contributed by atoms with Crippen LogP contribution in [0.15, 0.2) is 72.6 Å². The average Bonchev–Trinajstić information content (AvgIpc) is 3.47. The van der Waals surface area contributed by atoms with E-state index in [4.69, 9.17) is 14.2 Å². The van der Waals surface area contributed by atoms with Crippen molar-refractivity contribution in [1.29, 1.82) is 0 Å². The van der Waals surface area contributed by atoms with E-state index < -0.39 is 5.79 Å². The monoisotopic (exact) mass is 442 g/mol. The molecular weight excluding hydrogens is 416 g/mol. The second-order valence-corrected chi connectivity index (χ2v) is 8.98. The van der Waals surface area contributed by atoms with Gasteiger partial charge in [0.15, 0.2) is 5.79 Å². The summed E-state index contributed by atoms with van der Waals surface area (Å²) in [5, 5.41) is 5.26. The molecule has 0 spiro atoms. The van der Waals surface area contributed by atoms with Crippen molar-refractivity contribution in [2.45, 2.75) is 37.9 Å². The summed E-state index contributed by atoms with van der Waals surface area (Å²) in [4.78, 5) is 9.21. The standard InChI is InChI=1S/C26H26N4O3/c1-26(2)32-23-18(15-31-19-8-6-16-7-9-22(27-3)29-20(16)14-19)13-21(24(23)33-26)30-12-10-17-5-4-11-28-25(17)30/h4-14,21,23-24H,15H2,1-3H3,(H,27,29)/t21-,23-,24+/m1/s1. The van der Waals surface area contributed by atoms with Crippen molar-refractivity contribution in [2.24, 2.45) is 0 Å².